The molecule has 0 fully saturated rings. The molecule has 6 heteroatoms. The van der Waals surface area contributed by atoms with Crippen LogP contribution in [0.1, 0.15) is 16.0 Å². The molecule has 118 valence electrons. The van der Waals surface area contributed by atoms with Gasteiger partial charge in [0.2, 0.25) is 5.91 Å². The summed E-state index contributed by atoms with van der Waals surface area (Å²) in [5.74, 6) is -0.0907. The van der Waals surface area contributed by atoms with E-state index in [9.17, 15) is 9.59 Å². The van der Waals surface area contributed by atoms with Crippen LogP contribution in [0.4, 0.5) is 0 Å². The Morgan fingerprint density at radius 1 is 1.35 bits per heavy atom. The SMILES string of the molecule is Cc1cc2oc(=O)cc(CNC(=O)Cc3cccs3)c2cc1Cl. The van der Waals surface area contributed by atoms with Crippen molar-refractivity contribution in [3.05, 3.63) is 67.2 Å². The molecular weight excluding hydrogens is 334 g/mol. The molecule has 23 heavy (non-hydrogen) atoms. The molecule has 0 radical (unpaired) electrons. The van der Waals surface area contributed by atoms with Gasteiger partial charge in [0.05, 0.1) is 6.42 Å². The number of thiophene rings is 1. The van der Waals surface area contributed by atoms with E-state index in [4.69, 9.17) is 16.0 Å². The molecule has 0 aliphatic carbocycles. The van der Waals surface area contributed by atoms with E-state index in [1.54, 1.807) is 12.1 Å². The summed E-state index contributed by atoms with van der Waals surface area (Å²) in [6.07, 6.45) is 0.330. The highest BCUT2D eigenvalue weighted by atomic mass is 35.5. The maximum atomic E-state index is 12.0. The molecule has 1 amide bonds. The van der Waals surface area contributed by atoms with Crippen molar-refractivity contribution in [3.8, 4) is 0 Å². The number of halogens is 1. The van der Waals surface area contributed by atoms with Crippen LogP contribution in [0.3, 0.4) is 0 Å². The average Bonchev–Trinajstić information content (AvgIpc) is 2.99. The van der Waals surface area contributed by atoms with Gasteiger partial charge in [-0.05, 0) is 41.6 Å². The lowest BCUT2D eigenvalue weighted by atomic mass is 10.1. The normalized spacial score (nSPS) is 10.9. The smallest absolute Gasteiger partial charge is 0.336 e. The molecule has 3 rings (SSSR count). The number of hydrogen-bond acceptors (Lipinski definition) is 4. The lowest BCUT2D eigenvalue weighted by Crippen LogP contribution is -2.24. The van der Waals surface area contributed by atoms with Crippen molar-refractivity contribution in [1.29, 1.82) is 0 Å². The Balaban J connectivity index is 1.83. The zero-order chi connectivity index (χ0) is 16.4. The quantitative estimate of drug-likeness (QED) is 0.732. The third kappa shape index (κ3) is 3.63. The molecule has 0 bridgehead atoms. The van der Waals surface area contributed by atoms with Crippen molar-refractivity contribution in [3.63, 3.8) is 0 Å². The molecule has 0 saturated carbocycles. The zero-order valence-electron chi connectivity index (χ0n) is 12.4. The predicted molar refractivity (Wildman–Crippen MR) is 92.1 cm³/mol. The number of fused-ring (bicyclic) bond motifs is 1. The monoisotopic (exact) mass is 347 g/mol. The van der Waals surface area contributed by atoms with E-state index in [0.29, 0.717) is 22.6 Å². The number of nitrogens with one attached hydrogen (secondary N) is 1. The molecule has 4 nitrogen and oxygen atoms in total. The molecule has 2 heterocycles. The highest BCUT2D eigenvalue weighted by Gasteiger charge is 2.10. The lowest BCUT2D eigenvalue weighted by Gasteiger charge is -2.08. The van der Waals surface area contributed by atoms with Gasteiger partial charge in [0.1, 0.15) is 5.58 Å². The molecule has 0 aliphatic rings. The number of carbonyl (C=O) groups excluding carboxylic acids is 1. The topological polar surface area (TPSA) is 59.3 Å². The number of amides is 1. The predicted octanol–water partition coefficient (Wildman–Crippen LogP) is 3.68. The Hall–Kier alpha value is -2.11. The summed E-state index contributed by atoms with van der Waals surface area (Å²) in [4.78, 5) is 24.7. The van der Waals surface area contributed by atoms with Gasteiger partial charge in [-0.25, -0.2) is 4.79 Å². The maximum absolute atomic E-state index is 12.0. The molecule has 1 aromatic carbocycles. The minimum Gasteiger partial charge on any atom is -0.423 e. The third-order valence-corrected chi connectivity index (χ3v) is 4.78. The summed E-state index contributed by atoms with van der Waals surface area (Å²) in [5, 5.41) is 6.10. The largest absolute Gasteiger partial charge is 0.423 e. The Morgan fingerprint density at radius 2 is 2.17 bits per heavy atom. The van der Waals surface area contributed by atoms with E-state index in [-0.39, 0.29) is 12.5 Å². The van der Waals surface area contributed by atoms with Crippen molar-refractivity contribution in [1.82, 2.24) is 5.32 Å². The number of carbonyl (C=O) groups is 1. The molecule has 0 unspecified atom stereocenters. The first kappa shape index (κ1) is 15.8. The van der Waals surface area contributed by atoms with Crippen molar-refractivity contribution >= 4 is 39.8 Å². The molecule has 0 atom stereocenters. The highest BCUT2D eigenvalue weighted by molar-refractivity contribution is 7.10. The third-order valence-electron chi connectivity index (χ3n) is 3.50. The molecule has 1 N–H and O–H groups in total. The second-order valence-corrected chi connectivity index (χ2v) is 6.66. The summed E-state index contributed by atoms with van der Waals surface area (Å²) in [6, 6.07) is 8.71. The van der Waals surface area contributed by atoms with Crippen LogP contribution in [0.2, 0.25) is 5.02 Å². The fourth-order valence-electron chi connectivity index (χ4n) is 2.32. The van der Waals surface area contributed by atoms with E-state index >= 15 is 0 Å². The van der Waals surface area contributed by atoms with Crippen LogP contribution in [0.25, 0.3) is 11.0 Å². The van der Waals surface area contributed by atoms with Gasteiger partial charge in [-0.15, -0.1) is 11.3 Å². The molecular formula is C17H14ClNO3S. The molecule has 2 aromatic heterocycles. The van der Waals surface area contributed by atoms with Crippen molar-refractivity contribution in [2.45, 2.75) is 19.9 Å². The second kappa shape index (κ2) is 6.56. The first-order valence-corrected chi connectivity index (χ1v) is 8.30. The van der Waals surface area contributed by atoms with Gasteiger partial charge in [-0.3, -0.25) is 4.79 Å². The first-order chi connectivity index (χ1) is 11.0. The Labute approximate surface area is 141 Å². The molecule has 0 aliphatic heterocycles. The number of rotatable bonds is 4. The maximum Gasteiger partial charge on any atom is 0.336 e. The van der Waals surface area contributed by atoms with Gasteiger partial charge in [-0.2, -0.15) is 0 Å². The second-order valence-electron chi connectivity index (χ2n) is 5.22. The summed E-state index contributed by atoms with van der Waals surface area (Å²) in [5.41, 5.74) is 1.56. The van der Waals surface area contributed by atoms with Gasteiger partial charge < -0.3 is 9.73 Å². The van der Waals surface area contributed by atoms with Crippen LogP contribution >= 0.6 is 22.9 Å². The van der Waals surface area contributed by atoms with Gasteiger partial charge >= 0.3 is 5.63 Å². The van der Waals surface area contributed by atoms with Crippen LogP contribution in [0.15, 0.2) is 44.9 Å². The fourth-order valence-corrected chi connectivity index (χ4v) is 3.19. The van der Waals surface area contributed by atoms with E-state index in [1.165, 1.54) is 17.4 Å². The van der Waals surface area contributed by atoms with E-state index in [0.717, 1.165) is 15.8 Å². The van der Waals surface area contributed by atoms with Crippen LogP contribution in [0.5, 0.6) is 0 Å². The van der Waals surface area contributed by atoms with Crippen LogP contribution < -0.4 is 10.9 Å². The van der Waals surface area contributed by atoms with Crippen LogP contribution in [0, 0.1) is 6.92 Å². The standard InChI is InChI=1S/C17H14ClNO3S/c1-10-5-15-13(8-14(10)18)11(6-17(21)22-15)9-19-16(20)7-12-3-2-4-23-12/h2-6,8H,7,9H2,1H3,(H,19,20). The molecule has 0 spiro atoms. The summed E-state index contributed by atoms with van der Waals surface area (Å²) in [6.45, 7) is 2.10. The Kier molecular flexibility index (Phi) is 4.50. The molecule has 3 aromatic rings. The minimum atomic E-state index is -0.443. The zero-order valence-corrected chi connectivity index (χ0v) is 14.0. The summed E-state index contributed by atoms with van der Waals surface area (Å²) >= 11 is 7.69. The number of benzene rings is 1. The number of hydrogen-bond donors (Lipinski definition) is 1. The van der Waals surface area contributed by atoms with Gasteiger partial charge in [-0.1, -0.05) is 17.7 Å². The van der Waals surface area contributed by atoms with E-state index in [2.05, 4.69) is 5.32 Å². The first-order valence-electron chi connectivity index (χ1n) is 7.05. The number of aryl methyl sites for hydroxylation is 1. The average molecular weight is 348 g/mol. The summed E-state index contributed by atoms with van der Waals surface area (Å²) in [7, 11) is 0. The van der Waals surface area contributed by atoms with E-state index < -0.39 is 5.63 Å². The lowest BCUT2D eigenvalue weighted by molar-refractivity contribution is -0.120. The molecule has 0 saturated heterocycles. The Bertz CT molecular complexity index is 915. The fraction of sp³-hybridized carbons (Fsp3) is 0.176. The van der Waals surface area contributed by atoms with Crippen molar-refractivity contribution < 1.29 is 9.21 Å². The van der Waals surface area contributed by atoms with Crippen molar-refractivity contribution in [2.24, 2.45) is 0 Å². The van der Waals surface area contributed by atoms with E-state index in [1.807, 2.05) is 24.4 Å². The minimum absolute atomic E-state index is 0.0907. The highest BCUT2D eigenvalue weighted by Crippen LogP contribution is 2.25. The summed E-state index contributed by atoms with van der Waals surface area (Å²) < 4.78 is 5.20. The van der Waals surface area contributed by atoms with Crippen LogP contribution in [-0.2, 0) is 17.8 Å². The van der Waals surface area contributed by atoms with Crippen LogP contribution in [-0.4, -0.2) is 5.91 Å². The van der Waals surface area contributed by atoms with Gasteiger partial charge in [0, 0.05) is 27.9 Å². The van der Waals surface area contributed by atoms with Crippen molar-refractivity contribution in [2.75, 3.05) is 0 Å². The van der Waals surface area contributed by atoms with Gasteiger partial charge in [0.25, 0.3) is 0 Å². The van der Waals surface area contributed by atoms with Gasteiger partial charge in [0.15, 0.2) is 0 Å². The Morgan fingerprint density at radius 3 is 2.91 bits per heavy atom.